The number of hydrogen-bond donors (Lipinski definition) is 0. The minimum atomic E-state index is -0.157. The van der Waals surface area contributed by atoms with E-state index < -0.39 is 0 Å². The number of carbonyl (C=O) groups excluding carboxylic acids is 1. The van der Waals surface area contributed by atoms with Gasteiger partial charge in [0.25, 0.3) is 0 Å². The van der Waals surface area contributed by atoms with Crippen molar-refractivity contribution in [2.45, 2.75) is 12.3 Å². The van der Waals surface area contributed by atoms with Crippen LogP contribution in [0.15, 0.2) is 42.5 Å². The van der Waals surface area contributed by atoms with Gasteiger partial charge < -0.3 is 37.2 Å². The summed E-state index contributed by atoms with van der Waals surface area (Å²) in [5.41, 5.74) is 5.01. The van der Waals surface area contributed by atoms with Crippen LogP contribution in [-0.2, 0) is 30.0 Å². The zero-order valence-electron chi connectivity index (χ0n) is 11.8. The first-order chi connectivity index (χ1) is 9.22. The Morgan fingerprint density at radius 3 is 2.36 bits per heavy atom. The number of ether oxygens (including phenoxy) is 1. The molecule has 0 heterocycles. The van der Waals surface area contributed by atoms with E-state index in [4.69, 9.17) is 4.74 Å². The fraction of sp³-hybridized carbons (Fsp3) is 0.188. The van der Waals surface area contributed by atoms with E-state index in [1.165, 1.54) is 33.2 Å². The molecule has 0 aromatic heterocycles. The minimum absolute atomic E-state index is 0. The molecule has 0 N–H and O–H groups in total. The summed E-state index contributed by atoms with van der Waals surface area (Å²) in [6.45, 7) is 0. The molecule has 1 aliphatic carbocycles. The average molecular weight is 392 g/mol. The predicted molar refractivity (Wildman–Crippen MR) is 70.0 cm³/mol. The van der Waals surface area contributed by atoms with Crippen LogP contribution in [0.5, 0.6) is 0 Å². The van der Waals surface area contributed by atoms with Crippen molar-refractivity contribution in [3.05, 3.63) is 53.6 Å². The van der Waals surface area contributed by atoms with Crippen LogP contribution in [0.1, 0.15) is 23.5 Å². The topological polar surface area (TPSA) is 26.3 Å². The van der Waals surface area contributed by atoms with Gasteiger partial charge in [0, 0.05) is 0 Å². The van der Waals surface area contributed by atoms with Gasteiger partial charge in [-0.05, 0) is 0 Å². The van der Waals surface area contributed by atoms with Gasteiger partial charge in [0.2, 0.25) is 0 Å². The van der Waals surface area contributed by atoms with Crippen molar-refractivity contribution >= 4 is 9.84 Å². The summed E-state index contributed by atoms with van der Waals surface area (Å²) in [6, 6.07) is 14.6. The zero-order chi connectivity index (χ0) is 13.4. The first-order valence-electron chi connectivity index (χ1n) is 6.23. The third-order valence-corrected chi connectivity index (χ3v) is 4.36. The van der Waals surface area contributed by atoms with Crippen LogP contribution in [0.2, 0.25) is 0 Å². The molecule has 0 fully saturated rings. The molecule has 0 saturated carbocycles. The van der Waals surface area contributed by atoms with E-state index in [0.717, 1.165) is 0 Å². The van der Waals surface area contributed by atoms with Gasteiger partial charge in [-0.15, -0.1) is 0 Å². The maximum Gasteiger partial charge on any atom is -1.00 e. The minimum Gasteiger partial charge on any atom is -1.00 e. The summed E-state index contributed by atoms with van der Waals surface area (Å²) < 4.78 is 6.08. The Morgan fingerprint density at radius 1 is 1.05 bits per heavy atom. The number of rotatable bonds is 2. The second kappa shape index (κ2) is 8.95. The van der Waals surface area contributed by atoms with Crippen molar-refractivity contribution < 1.29 is 67.2 Å². The van der Waals surface area contributed by atoms with E-state index in [0.29, 0.717) is 6.42 Å². The van der Waals surface area contributed by atoms with E-state index >= 15 is 0 Å². The van der Waals surface area contributed by atoms with E-state index in [1.54, 1.807) is 0 Å². The number of methoxy groups -OCH3 is 1. The van der Waals surface area contributed by atoms with Gasteiger partial charge in [-0.1, -0.05) is 0 Å². The predicted octanol–water partition coefficient (Wildman–Crippen LogP) is -6.45. The molecule has 0 saturated heterocycles. The van der Waals surface area contributed by atoms with Gasteiger partial charge in [-0.25, -0.2) is 0 Å². The molecule has 1 atom stereocenters. The van der Waals surface area contributed by atoms with Crippen LogP contribution < -0.4 is 41.1 Å². The first-order valence-corrected chi connectivity index (χ1v) is 7.01. The van der Waals surface area contributed by atoms with E-state index in [2.05, 4.69) is 50.8 Å². The fourth-order valence-electron chi connectivity index (χ4n) is 2.84. The van der Waals surface area contributed by atoms with Crippen molar-refractivity contribution in [1.29, 1.82) is 0 Å². The Balaban J connectivity index is 0.00000147. The van der Waals surface area contributed by atoms with Crippen LogP contribution in [0, 0.1) is 0 Å². The molecule has 6 heteroatoms. The first kappa shape index (κ1) is 21.5. The van der Waals surface area contributed by atoms with Gasteiger partial charge in [0.15, 0.2) is 0 Å². The van der Waals surface area contributed by atoms with Crippen LogP contribution in [0.3, 0.4) is 0 Å². The molecule has 0 radical (unpaired) electrons. The molecule has 2 aromatic rings. The number of fused-ring (bicyclic) bond motifs is 3. The molecule has 2 aromatic carbocycles. The second-order valence-corrected chi connectivity index (χ2v) is 5.53. The molecule has 2 nitrogen and oxygen atoms in total. The van der Waals surface area contributed by atoms with Crippen molar-refractivity contribution in [3.8, 4) is 11.1 Å². The summed E-state index contributed by atoms with van der Waals surface area (Å²) in [5.74, 6) is -0.0317. The molecule has 0 aliphatic heterocycles. The van der Waals surface area contributed by atoms with Gasteiger partial charge in [-0.3, -0.25) is 0 Å². The molecule has 22 heavy (non-hydrogen) atoms. The Kier molecular flexibility index (Phi) is 8.75. The number of halogens is 3. The number of hydrogen-bond acceptors (Lipinski definition) is 2. The number of benzene rings is 2. The number of carbonyl (C=O) groups is 1. The molecule has 0 spiro atoms. The van der Waals surface area contributed by atoms with Crippen LogP contribution in [0.4, 0.5) is 0 Å². The van der Waals surface area contributed by atoms with Gasteiger partial charge in [0.1, 0.15) is 0 Å². The third-order valence-electron chi connectivity index (χ3n) is 3.68. The molecule has 3 rings (SSSR count). The normalized spacial score (nSPS) is 13.7. The molecular formula is C16H13Cl3O2Ti. The largest absolute Gasteiger partial charge is 1.00 e. The van der Waals surface area contributed by atoms with Crippen molar-refractivity contribution in [2.75, 3.05) is 7.11 Å². The quantitative estimate of drug-likeness (QED) is 0.376. The van der Waals surface area contributed by atoms with Crippen LogP contribution in [-0.4, -0.2) is 13.1 Å². The van der Waals surface area contributed by atoms with E-state index in [1.807, 2.05) is 12.1 Å². The smallest absolute Gasteiger partial charge is 1.00 e. The van der Waals surface area contributed by atoms with Gasteiger partial charge >= 0.3 is 124 Å². The summed E-state index contributed by atoms with van der Waals surface area (Å²) in [5, 5.41) is 0. The van der Waals surface area contributed by atoms with Crippen molar-refractivity contribution in [2.24, 2.45) is 0 Å². The monoisotopic (exact) mass is 390 g/mol. The average Bonchev–Trinajstić information content (AvgIpc) is 2.75. The SMILES string of the molecule is COC(=O)CC1c2ccccc2-c2ccc[c]([Ti+3])c21.[Cl-].[Cl-].[Cl-]. The standard InChI is InChI=1S/C16H13O2.3ClH.Ti/c1-18-16(17)10-15-13-8-4-2-6-11(13)12-7-3-5-9-14(12)15;;;;/h2-8,15H,10H2,1H3;3*1H;/q;;;;+3/p-3. The Morgan fingerprint density at radius 2 is 1.68 bits per heavy atom. The van der Waals surface area contributed by atoms with Crippen molar-refractivity contribution in [3.63, 3.8) is 0 Å². The summed E-state index contributed by atoms with van der Waals surface area (Å²) in [4.78, 5) is 11.7. The molecule has 1 unspecified atom stereocenters. The zero-order valence-corrected chi connectivity index (χ0v) is 15.6. The maximum atomic E-state index is 11.7. The van der Waals surface area contributed by atoms with Crippen molar-refractivity contribution in [1.82, 2.24) is 0 Å². The van der Waals surface area contributed by atoms with E-state index in [-0.39, 0.29) is 49.1 Å². The van der Waals surface area contributed by atoms with E-state index in [9.17, 15) is 4.79 Å². The number of esters is 1. The van der Waals surface area contributed by atoms with Crippen LogP contribution in [0.25, 0.3) is 11.1 Å². The Hall–Kier alpha value is -0.506. The molecular weight excluding hydrogens is 378 g/mol. The van der Waals surface area contributed by atoms with Gasteiger partial charge in [0.05, 0.1) is 0 Å². The Labute approximate surface area is 160 Å². The molecule has 114 valence electrons. The maximum absolute atomic E-state index is 11.7. The third kappa shape index (κ3) is 3.69. The summed E-state index contributed by atoms with van der Waals surface area (Å²) in [7, 11) is 1.45. The molecule has 0 bridgehead atoms. The summed E-state index contributed by atoms with van der Waals surface area (Å²) >= 11 is 2.11. The molecule has 0 amide bonds. The summed E-state index contributed by atoms with van der Waals surface area (Å²) in [6.07, 6.45) is 0.408. The second-order valence-electron chi connectivity index (χ2n) is 4.69. The Bertz CT molecular complexity index is 662. The van der Waals surface area contributed by atoms with Crippen LogP contribution >= 0.6 is 0 Å². The fourth-order valence-corrected chi connectivity index (χ4v) is 3.47. The molecule has 1 aliphatic rings. The van der Waals surface area contributed by atoms with Gasteiger partial charge in [-0.2, -0.15) is 0 Å².